The number of carboxylic acids is 1. The molecule has 0 aliphatic rings. The zero-order valence-corrected chi connectivity index (χ0v) is 19.0. The molecule has 168 valence electrons. The van der Waals surface area contributed by atoms with Crippen LogP contribution in [0.25, 0.3) is 22.3 Å². The molecule has 0 saturated heterocycles. The highest BCUT2D eigenvalue weighted by atomic mass is 35.5. The first-order chi connectivity index (χ1) is 15.7. The summed E-state index contributed by atoms with van der Waals surface area (Å²) in [6.07, 6.45) is 0. The highest BCUT2D eigenvalue weighted by Crippen LogP contribution is 2.34. The molecule has 0 aliphatic carbocycles. The lowest BCUT2D eigenvalue weighted by Gasteiger charge is -2.20. The summed E-state index contributed by atoms with van der Waals surface area (Å²) < 4.78 is 20.7. The summed E-state index contributed by atoms with van der Waals surface area (Å²) in [4.78, 5) is 24.9. The Hall–Kier alpha value is -3.64. The van der Waals surface area contributed by atoms with Gasteiger partial charge in [0.15, 0.2) is 11.2 Å². The molecule has 4 aromatic rings. The van der Waals surface area contributed by atoms with E-state index in [1.165, 1.54) is 12.1 Å². The zero-order valence-electron chi connectivity index (χ0n) is 18.2. The molecule has 0 bridgehead atoms. The number of aromatic carboxylic acids is 1. The Morgan fingerprint density at radius 1 is 1.12 bits per heavy atom. The fraction of sp³-hybridized carbons (Fsp3) is 0.154. The van der Waals surface area contributed by atoms with Gasteiger partial charge < -0.3 is 14.8 Å². The molecular weight excluding hydrogens is 445 g/mol. The molecule has 7 heteroatoms. The molecule has 0 saturated carbocycles. The number of benzene rings is 3. The summed E-state index contributed by atoms with van der Waals surface area (Å²) >= 11 is 5.77. The molecule has 1 aromatic heterocycles. The van der Waals surface area contributed by atoms with E-state index in [0.717, 1.165) is 11.1 Å². The molecule has 0 radical (unpaired) electrons. The lowest BCUT2D eigenvalue weighted by Crippen LogP contribution is -2.15. The molecule has 0 spiro atoms. The highest BCUT2D eigenvalue weighted by molar-refractivity contribution is 6.31. The number of aryl methyl sites for hydroxylation is 1. The van der Waals surface area contributed by atoms with Crippen LogP contribution < -0.4 is 10.7 Å². The number of carboxylic acid groups (broad SMARTS) is 1. The average molecular weight is 466 g/mol. The van der Waals surface area contributed by atoms with Crippen molar-refractivity contribution in [2.75, 3.05) is 5.32 Å². The van der Waals surface area contributed by atoms with Crippen molar-refractivity contribution in [2.24, 2.45) is 0 Å². The first kappa shape index (κ1) is 22.6. The van der Waals surface area contributed by atoms with Gasteiger partial charge in [0, 0.05) is 16.7 Å². The van der Waals surface area contributed by atoms with Crippen molar-refractivity contribution in [3.8, 4) is 11.3 Å². The van der Waals surface area contributed by atoms with Crippen LogP contribution in [0.5, 0.6) is 0 Å². The number of hydrogen-bond acceptors (Lipinski definition) is 4. The summed E-state index contributed by atoms with van der Waals surface area (Å²) in [6, 6.07) is 15.2. The van der Waals surface area contributed by atoms with Crippen LogP contribution >= 0.6 is 11.6 Å². The van der Waals surface area contributed by atoms with E-state index in [-0.39, 0.29) is 16.1 Å². The Labute approximate surface area is 194 Å². The van der Waals surface area contributed by atoms with Crippen molar-refractivity contribution in [1.82, 2.24) is 0 Å². The van der Waals surface area contributed by atoms with E-state index >= 15 is 0 Å². The monoisotopic (exact) mass is 465 g/mol. The van der Waals surface area contributed by atoms with Crippen LogP contribution in [0.3, 0.4) is 0 Å². The van der Waals surface area contributed by atoms with Gasteiger partial charge in [0.2, 0.25) is 0 Å². The largest absolute Gasteiger partial charge is 0.478 e. The molecule has 4 rings (SSSR count). The van der Waals surface area contributed by atoms with Crippen molar-refractivity contribution >= 4 is 34.2 Å². The fourth-order valence-electron chi connectivity index (χ4n) is 3.95. The molecule has 5 nitrogen and oxygen atoms in total. The van der Waals surface area contributed by atoms with Crippen LogP contribution in [0.4, 0.5) is 10.1 Å². The Bertz CT molecular complexity index is 1450. The Balaban J connectivity index is 1.90. The molecule has 33 heavy (non-hydrogen) atoms. The maximum atomic E-state index is 14.4. The topological polar surface area (TPSA) is 79.5 Å². The lowest BCUT2D eigenvalue weighted by molar-refractivity contribution is 0.0693. The Morgan fingerprint density at radius 2 is 1.82 bits per heavy atom. The third-order valence-corrected chi connectivity index (χ3v) is 5.87. The molecule has 1 atom stereocenters. The second kappa shape index (κ2) is 8.71. The number of fused-ring (bicyclic) bond motifs is 1. The lowest BCUT2D eigenvalue weighted by atomic mass is 9.98. The van der Waals surface area contributed by atoms with E-state index in [1.54, 1.807) is 19.9 Å². The molecule has 0 aliphatic heterocycles. The quantitative estimate of drug-likeness (QED) is 0.341. The van der Waals surface area contributed by atoms with Gasteiger partial charge in [0.25, 0.3) is 0 Å². The summed E-state index contributed by atoms with van der Waals surface area (Å²) in [5.41, 5.74) is 2.53. The van der Waals surface area contributed by atoms with Crippen LogP contribution in [0, 0.1) is 19.7 Å². The second-order valence-corrected chi connectivity index (χ2v) is 8.34. The first-order valence-corrected chi connectivity index (χ1v) is 10.7. The van der Waals surface area contributed by atoms with Gasteiger partial charge >= 0.3 is 5.97 Å². The molecular formula is C26H21ClFNO4. The molecule has 1 heterocycles. The third-order valence-electron chi connectivity index (χ3n) is 5.58. The van der Waals surface area contributed by atoms with Crippen molar-refractivity contribution in [2.45, 2.75) is 26.8 Å². The molecule has 3 aromatic carbocycles. The normalized spacial score (nSPS) is 12.0. The van der Waals surface area contributed by atoms with Gasteiger partial charge in [0.1, 0.15) is 16.9 Å². The van der Waals surface area contributed by atoms with Gasteiger partial charge in [-0.3, -0.25) is 4.79 Å². The standard InChI is InChI=1S/C26H21ClFNO4/c1-13-11-17(15(3)29-20-10-9-19(27)22(28)21(20)26(31)32)25-18(12-13)23(30)14(2)24(33-25)16-7-5-4-6-8-16/h4-12,15,29H,1-3H3,(H,31,32)/t15-/m1/s1. The third kappa shape index (κ3) is 4.10. The predicted octanol–water partition coefficient (Wildman–Crippen LogP) is 6.74. The summed E-state index contributed by atoms with van der Waals surface area (Å²) in [5.74, 6) is -1.98. The number of hydrogen-bond donors (Lipinski definition) is 2. The highest BCUT2D eigenvalue weighted by Gasteiger charge is 2.23. The maximum Gasteiger partial charge on any atom is 0.340 e. The van der Waals surface area contributed by atoms with Crippen molar-refractivity contribution in [3.05, 3.63) is 97.9 Å². The molecule has 2 N–H and O–H groups in total. The Kier molecular flexibility index (Phi) is 5.95. The predicted molar refractivity (Wildman–Crippen MR) is 128 cm³/mol. The minimum atomic E-state index is -1.44. The van der Waals surface area contributed by atoms with Gasteiger partial charge in [-0.2, -0.15) is 0 Å². The fourth-order valence-corrected chi connectivity index (χ4v) is 4.10. The summed E-state index contributed by atoms with van der Waals surface area (Å²) in [7, 11) is 0. The van der Waals surface area contributed by atoms with E-state index in [1.807, 2.05) is 43.3 Å². The number of carbonyl (C=O) groups is 1. The number of nitrogens with one attached hydrogen (secondary N) is 1. The average Bonchev–Trinajstić information content (AvgIpc) is 2.79. The van der Waals surface area contributed by atoms with Crippen LogP contribution in [0.15, 0.2) is 63.8 Å². The van der Waals surface area contributed by atoms with Crippen molar-refractivity contribution < 1.29 is 18.7 Å². The van der Waals surface area contributed by atoms with Crippen LogP contribution in [-0.4, -0.2) is 11.1 Å². The maximum absolute atomic E-state index is 14.4. The van der Waals surface area contributed by atoms with E-state index in [2.05, 4.69) is 5.32 Å². The first-order valence-electron chi connectivity index (χ1n) is 10.3. The van der Waals surface area contributed by atoms with E-state index in [4.69, 9.17) is 16.0 Å². The zero-order chi connectivity index (χ0) is 23.9. The summed E-state index contributed by atoms with van der Waals surface area (Å²) in [6.45, 7) is 5.38. The van der Waals surface area contributed by atoms with Crippen LogP contribution in [0.1, 0.15) is 40.0 Å². The molecule has 0 fully saturated rings. The van der Waals surface area contributed by atoms with E-state index in [9.17, 15) is 19.1 Å². The number of halogens is 2. The number of rotatable bonds is 5. The SMILES string of the molecule is Cc1cc([C@@H](C)Nc2ccc(Cl)c(F)c2C(=O)O)c2oc(-c3ccccc3)c(C)c(=O)c2c1. The van der Waals surface area contributed by atoms with E-state index < -0.39 is 23.4 Å². The van der Waals surface area contributed by atoms with Gasteiger partial charge in [-0.15, -0.1) is 0 Å². The minimum Gasteiger partial charge on any atom is -0.478 e. The number of anilines is 1. The van der Waals surface area contributed by atoms with Crippen LogP contribution in [0.2, 0.25) is 5.02 Å². The molecule has 0 amide bonds. The smallest absolute Gasteiger partial charge is 0.340 e. The van der Waals surface area contributed by atoms with Crippen molar-refractivity contribution in [1.29, 1.82) is 0 Å². The summed E-state index contributed by atoms with van der Waals surface area (Å²) in [5, 5.41) is 12.7. The molecule has 0 unspecified atom stereocenters. The van der Waals surface area contributed by atoms with Crippen molar-refractivity contribution in [3.63, 3.8) is 0 Å². The van der Waals surface area contributed by atoms with Gasteiger partial charge in [-0.1, -0.05) is 48.0 Å². The second-order valence-electron chi connectivity index (χ2n) is 7.94. The van der Waals surface area contributed by atoms with Gasteiger partial charge in [-0.25, -0.2) is 9.18 Å². The Morgan fingerprint density at radius 3 is 2.48 bits per heavy atom. The van der Waals surface area contributed by atoms with E-state index in [0.29, 0.717) is 27.9 Å². The minimum absolute atomic E-state index is 0.0734. The van der Waals surface area contributed by atoms with Crippen LogP contribution in [-0.2, 0) is 0 Å². The van der Waals surface area contributed by atoms with Gasteiger partial charge in [-0.05, 0) is 44.5 Å². The van der Waals surface area contributed by atoms with Gasteiger partial charge in [0.05, 0.1) is 22.1 Å².